The average molecular weight is 416 g/mol. The largest absolute Gasteiger partial charge is 0.496 e. The Morgan fingerprint density at radius 3 is 2.58 bits per heavy atom. The van der Waals surface area contributed by atoms with Crippen LogP contribution in [-0.2, 0) is 24.3 Å². The average Bonchev–Trinajstić information content (AvgIpc) is 3.50. The van der Waals surface area contributed by atoms with E-state index in [-0.39, 0.29) is 5.91 Å². The molecule has 0 aliphatic rings. The zero-order chi connectivity index (χ0) is 21.5. The number of methoxy groups -OCH3 is 1. The minimum Gasteiger partial charge on any atom is -0.496 e. The fourth-order valence-corrected chi connectivity index (χ4v) is 3.43. The first kappa shape index (κ1) is 20.5. The van der Waals surface area contributed by atoms with Crippen LogP contribution in [0.1, 0.15) is 23.4 Å². The summed E-state index contributed by atoms with van der Waals surface area (Å²) in [6.07, 6.45) is 2.69. The van der Waals surface area contributed by atoms with Crippen LogP contribution in [0.25, 0.3) is 11.3 Å². The number of para-hydroxylation sites is 1. The molecule has 0 aliphatic carbocycles. The minimum atomic E-state index is 0.0297. The van der Waals surface area contributed by atoms with E-state index in [2.05, 4.69) is 5.16 Å². The molecule has 4 aromatic rings. The first-order chi connectivity index (χ1) is 15.2. The number of aryl methyl sites for hydroxylation is 1. The van der Waals surface area contributed by atoms with E-state index in [0.29, 0.717) is 43.1 Å². The van der Waals surface area contributed by atoms with Gasteiger partial charge in [0.15, 0.2) is 5.76 Å². The summed E-state index contributed by atoms with van der Waals surface area (Å²) in [5, 5.41) is 4.18. The highest BCUT2D eigenvalue weighted by Crippen LogP contribution is 2.30. The molecule has 4 rings (SSSR count). The van der Waals surface area contributed by atoms with E-state index < -0.39 is 0 Å². The highest BCUT2D eigenvalue weighted by molar-refractivity contribution is 5.76. The number of rotatable bonds is 9. The van der Waals surface area contributed by atoms with Crippen LogP contribution in [0.15, 0.2) is 88.0 Å². The molecule has 1 amide bonds. The van der Waals surface area contributed by atoms with Crippen molar-refractivity contribution >= 4 is 5.91 Å². The van der Waals surface area contributed by atoms with Gasteiger partial charge in [0.2, 0.25) is 5.91 Å². The Morgan fingerprint density at radius 1 is 1.00 bits per heavy atom. The predicted octanol–water partition coefficient (Wildman–Crippen LogP) is 5.10. The Morgan fingerprint density at radius 2 is 1.81 bits per heavy atom. The lowest BCUT2D eigenvalue weighted by molar-refractivity contribution is -0.132. The summed E-state index contributed by atoms with van der Waals surface area (Å²) in [5.41, 5.74) is 2.62. The van der Waals surface area contributed by atoms with Crippen molar-refractivity contribution in [3.63, 3.8) is 0 Å². The molecule has 2 heterocycles. The van der Waals surface area contributed by atoms with Gasteiger partial charge in [-0.25, -0.2) is 0 Å². The number of aromatic nitrogens is 1. The molecule has 0 fully saturated rings. The van der Waals surface area contributed by atoms with E-state index in [1.165, 1.54) is 0 Å². The molecule has 0 aliphatic heterocycles. The van der Waals surface area contributed by atoms with Crippen molar-refractivity contribution < 1.29 is 18.5 Å². The summed E-state index contributed by atoms with van der Waals surface area (Å²) in [7, 11) is 1.62. The Bertz CT molecular complexity index is 1100. The molecule has 2 aromatic heterocycles. The molecule has 6 nitrogen and oxygen atoms in total. The standard InChI is InChI=1S/C25H24N2O4/c1-29-23-12-6-5-11-22(23)24-16-20(26-31-24)17-27(18-21-10-7-15-30-21)25(28)14-13-19-8-3-2-4-9-19/h2-12,15-16H,13-14,17-18H2,1H3. The molecule has 6 heteroatoms. The molecule has 0 bridgehead atoms. The van der Waals surface area contributed by atoms with Gasteiger partial charge in [0.1, 0.15) is 17.2 Å². The fourth-order valence-electron chi connectivity index (χ4n) is 3.43. The molecule has 0 saturated heterocycles. The van der Waals surface area contributed by atoms with Crippen molar-refractivity contribution in [1.82, 2.24) is 10.1 Å². The van der Waals surface area contributed by atoms with Gasteiger partial charge in [0.25, 0.3) is 0 Å². The van der Waals surface area contributed by atoms with Gasteiger partial charge in [0, 0.05) is 12.5 Å². The van der Waals surface area contributed by atoms with Crippen molar-refractivity contribution in [2.24, 2.45) is 0 Å². The number of benzene rings is 2. The monoisotopic (exact) mass is 416 g/mol. The van der Waals surface area contributed by atoms with Gasteiger partial charge in [-0.1, -0.05) is 47.6 Å². The molecule has 0 saturated carbocycles. The van der Waals surface area contributed by atoms with Crippen LogP contribution in [-0.4, -0.2) is 23.1 Å². The molecule has 0 N–H and O–H groups in total. The molecular weight excluding hydrogens is 392 g/mol. The van der Waals surface area contributed by atoms with Crippen LogP contribution in [0.5, 0.6) is 5.75 Å². The lowest BCUT2D eigenvalue weighted by Gasteiger charge is -2.20. The topological polar surface area (TPSA) is 68.7 Å². The van der Waals surface area contributed by atoms with Gasteiger partial charge in [-0.3, -0.25) is 4.79 Å². The molecule has 31 heavy (non-hydrogen) atoms. The maximum absolute atomic E-state index is 13.0. The number of amides is 1. The summed E-state index contributed by atoms with van der Waals surface area (Å²) in [4.78, 5) is 14.8. The molecule has 0 spiro atoms. The molecule has 0 radical (unpaired) electrons. The van der Waals surface area contributed by atoms with Gasteiger partial charge in [0.05, 0.1) is 32.0 Å². The van der Waals surface area contributed by atoms with E-state index in [1.54, 1.807) is 18.3 Å². The molecular formula is C25H24N2O4. The predicted molar refractivity (Wildman–Crippen MR) is 116 cm³/mol. The Kier molecular flexibility index (Phi) is 6.47. The van der Waals surface area contributed by atoms with E-state index in [0.717, 1.165) is 16.9 Å². The third-order valence-corrected chi connectivity index (χ3v) is 5.03. The summed E-state index contributed by atoms with van der Waals surface area (Å²) in [6.45, 7) is 0.699. The minimum absolute atomic E-state index is 0.0297. The van der Waals surface area contributed by atoms with E-state index >= 15 is 0 Å². The zero-order valence-corrected chi connectivity index (χ0v) is 17.4. The van der Waals surface area contributed by atoms with E-state index in [4.69, 9.17) is 13.7 Å². The number of carbonyl (C=O) groups excluding carboxylic acids is 1. The maximum Gasteiger partial charge on any atom is 0.223 e. The normalized spacial score (nSPS) is 10.7. The zero-order valence-electron chi connectivity index (χ0n) is 17.4. The Hall–Kier alpha value is -3.80. The Labute approximate surface area is 181 Å². The van der Waals surface area contributed by atoms with E-state index in [1.807, 2.05) is 72.8 Å². The SMILES string of the molecule is COc1ccccc1-c1cc(CN(Cc2ccco2)C(=O)CCc2ccccc2)no1. The summed E-state index contributed by atoms with van der Waals surface area (Å²) >= 11 is 0. The molecule has 2 aromatic carbocycles. The third-order valence-electron chi connectivity index (χ3n) is 5.03. The van der Waals surface area contributed by atoms with Crippen LogP contribution in [0.2, 0.25) is 0 Å². The van der Waals surface area contributed by atoms with Crippen molar-refractivity contribution in [2.45, 2.75) is 25.9 Å². The summed E-state index contributed by atoms with van der Waals surface area (Å²) < 4.78 is 16.4. The Balaban J connectivity index is 1.49. The van der Waals surface area contributed by atoms with Crippen molar-refractivity contribution in [1.29, 1.82) is 0 Å². The third kappa shape index (κ3) is 5.22. The fraction of sp³-hybridized carbons (Fsp3) is 0.200. The lowest BCUT2D eigenvalue weighted by Crippen LogP contribution is -2.30. The highest BCUT2D eigenvalue weighted by Gasteiger charge is 2.19. The van der Waals surface area contributed by atoms with Crippen molar-refractivity contribution in [3.05, 3.63) is 96.1 Å². The quantitative estimate of drug-likeness (QED) is 0.379. The van der Waals surface area contributed by atoms with Crippen molar-refractivity contribution in [3.8, 4) is 17.1 Å². The van der Waals surface area contributed by atoms with Gasteiger partial charge in [-0.2, -0.15) is 0 Å². The summed E-state index contributed by atoms with van der Waals surface area (Å²) in [6, 6.07) is 23.1. The van der Waals surface area contributed by atoms with Crippen LogP contribution in [0.3, 0.4) is 0 Å². The van der Waals surface area contributed by atoms with E-state index in [9.17, 15) is 4.79 Å². The number of furan rings is 1. The van der Waals surface area contributed by atoms with Gasteiger partial charge in [-0.15, -0.1) is 0 Å². The molecule has 0 atom stereocenters. The van der Waals surface area contributed by atoms with Gasteiger partial charge in [-0.05, 0) is 36.2 Å². The number of hydrogen-bond acceptors (Lipinski definition) is 5. The highest BCUT2D eigenvalue weighted by atomic mass is 16.5. The molecule has 0 unspecified atom stereocenters. The first-order valence-electron chi connectivity index (χ1n) is 10.2. The van der Waals surface area contributed by atoms with Crippen LogP contribution in [0, 0.1) is 0 Å². The number of carbonyl (C=O) groups is 1. The second-order valence-electron chi connectivity index (χ2n) is 7.20. The van der Waals surface area contributed by atoms with Crippen LogP contribution >= 0.6 is 0 Å². The smallest absolute Gasteiger partial charge is 0.223 e. The van der Waals surface area contributed by atoms with Gasteiger partial charge < -0.3 is 18.6 Å². The molecule has 158 valence electrons. The number of hydrogen-bond donors (Lipinski definition) is 0. The second kappa shape index (κ2) is 9.80. The maximum atomic E-state index is 13.0. The first-order valence-corrected chi connectivity index (χ1v) is 10.2. The van der Waals surface area contributed by atoms with Gasteiger partial charge >= 0.3 is 0 Å². The number of ether oxygens (including phenoxy) is 1. The summed E-state index contributed by atoms with van der Waals surface area (Å²) in [5.74, 6) is 2.06. The van der Waals surface area contributed by atoms with Crippen LogP contribution < -0.4 is 4.74 Å². The van der Waals surface area contributed by atoms with Crippen molar-refractivity contribution in [2.75, 3.05) is 7.11 Å². The number of nitrogens with zero attached hydrogens (tertiary/aromatic N) is 2. The van der Waals surface area contributed by atoms with Crippen LogP contribution in [0.4, 0.5) is 0 Å². The second-order valence-corrected chi connectivity index (χ2v) is 7.20. The lowest BCUT2D eigenvalue weighted by atomic mass is 10.1.